The fourth-order valence-electron chi connectivity index (χ4n) is 2.51. The van der Waals surface area contributed by atoms with Crippen molar-refractivity contribution in [2.45, 2.75) is 44.7 Å². The van der Waals surface area contributed by atoms with Crippen LogP contribution in [-0.2, 0) is 6.54 Å². The second-order valence-corrected chi connectivity index (χ2v) is 4.90. The molecule has 0 atom stereocenters. The van der Waals surface area contributed by atoms with Crippen molar-refractivity contribution in [3.8, 4) is 5.75 Å². The molecule has 0 saturated heterocycles. The molecule has 100 valence electrons. The van der Waals surface area contributed by atoms with Crippen molar-refractivity contribution in [2.24, 2.45) is 0 Å². The zero-order valence-electron chi connectivity index (χ0n) is 10.9. The number of aliphatic hydroxyl groups excluding tert-OH is 1. The zero-order valence-corrected chi connectivity index (χ0v) is 10.9. The second-order valence-electron chi connectivity index (χ2n) is 4.90. The van der Waals surface area contributed by atoms with Crippen LogP contribution in [0.25, 0.3) is 0 Å². The normalized spacial score (nSPS) is 16.7. The van der Waals surface area contributed by atoms with Gasteiger partial charge in [-0.05, 0) is 18.9 Å². The zero-order chi connectivity index (χ0) is 12.6. The number of aliphatic hydroxyl groups is 1. The Morgan fingerprint density at radius 2 is 1.94 bits per heavy atom. The van der Waals surface area contributed by atoms with Gasteiger partial charge in [-0.3, -0.25) is 0 Å². The first kappa shape index (κ1) is 13.4. The lowest BCUT2D eigenvalue weighted by atomic mass is 9.95. The van der Waals surface area contributed by atoms with E-state index in [0.29, 0.717) is 12.6 Å². The van der Waals surface area contributed by atoms with E-state index in [1.165, 1.54) is 37.7 Å². The van der Waals surface area contributed by atoms with E-state index in [1.54, 1.807) is 0 Å². The maximum absolute atomic E-state index is 8.81. The maximum Gasteiger partial charge on any atom is 0.123 e. The average molecular weight is 249 g/mol. The Bertz CT molecular complexity index is 348. The second kappa shape index (κ2) is 7.39. The summed E-state index contributed by atoms with van der Waals surface area (Å²) in [6.07, 6.45) is 6.66. The monoisotopic (exact) mass is 249 g/mol. The number of ether oxygens (including phenoxy) is 1. The van der Waals surface area contributed by atoms with Crippen LogP contribution in [0.1, 0.15) is 37.7 Å². The molecular formula is C15H23NO2. The summed E-state index contributed by atoms with van der Waals surface area (Å²) in [6.45, 7) is 1.27. The van der Waals surface area contributed by atoms with Crippen LogP contribution >= 0.6 is 0 Å². The van der Waals surface area contributed by atoms with E-state index < -0.39 is 0 Å². The minimum Gasteiger partial charge on any atom is -0.491 e. The quantitative estimate of drug-likeness (QED) is 0.814. The molecule has 1 aliphatic rings. The van der Waals surface area contributed by atoms with Gasteiger partial charge in [-0.2, -0.15) is 0 Å². The van der Waals surface area contributed by atoms with Crippen molar-refractivity contribution in [3.63, 3.8) is 0 Å². The molecule has 1 aliphatic carbocycles. The molecule has 1 aromatic carbocycles. The van der Waals surface area contributed by atoms with Crippen LogP contribution < -0.4 is 10.1 Å². The highest BCUT2D eigenvalue weighted by molar-refractivity contribution is 5.33. The summed E-state index contributed by atoms with van der Waals surface area (Å²) < 4.78 is 5.54. The Balaban J connectivity index is 1.87. The molecule has 0 bridgehead atoms. The summed E-state index contributed by atoms with van der Waals surface area (Å²) in [4.78, 5) is 0. The average Bonchev–Trinajstić information content (AvgIpc) is 2.45. The molecule has 1 saturated carbocycles. The molecular weight excluding hydrogens is 226 g/mol. The summed E-state index contributed by atoms with van der Waals surface area (Å²) in [5, 5.41) is 12.4. The number of benzene rings is 1. The van der Waals surface area contributed by atoms with Crippen LogP contribution in [0, 0.1) is 0 Å². The largest absolute Gasteiger partial charge is 0.491 e. The lowest BCUT2D eigenvalue weighted by molar-refractivity contribution is 0.200. The summed E-state index contributed by atoms with van der Waals surface area (Å²) in [7, 11) is 0. The van der Waals surface area contributed by atoms with Gasteiger partial charge in [0.2, 0.25) is 0 Å². The highest BCUT2D eigenvalue weighted by Gasteiger charge is 2.13. The predicted octanol–water partition coefficient (Wildman–Crippen LogP) is 2.48. The van der Waals surface area contributed by atoms with Gasteiger partial charge in [0.1, 0.15) is 12.4 Å². The molecule has 0 radical (unpaired) electrons. The first-order chi connectivity index (χ1) is 8.90. The minimum absolute atomic E-state index is 0.0599. The van der Waals surface area contributed by atoms with Crippen molar-refractivity contribution in [3.05, 3.63) is 29.8 Å². The van der Waals surface area contributed by atoms with E-state index in [0.717, 1.165) is 12.3 Å². The molecule has 0 spiro atoms. The molecule has 1 fully saturated rings. The van der Waals surface area contributed by atoms with Gasteiger partial charge < -0.3 is 15.2 Å². The fraction of sp³-hybridized carbons (Fsp3) is 0.600. The molecule has 18 heavy (non-hydrogen) atoms. The third-order valence-electron chi connectivity index (χ3n) is 3.51. The number of hydrogen-bond donors (Lipinski definition) is 2. The predicted molar refractivity (Wildman–Crippen MR) is 72.7 cm³/mol. The van der Waals surface area contributed by atoms with Crippen molar-refractivity contribution in [1.29, 1.82) is 0 Å². The van der Waals surface area contributed by atoms with Crippen LogP contribution in [0.5, 0.6) is 5.75 Å². The molecule has 3 heteroatoms. The smallest absolute Gasteiger partial charge is 0.123 e. The van der Waals surface area contributed by atoms with Gasteiger partial charge in [-0.1, -0.05) is 37.5 Å². The lowest BCUT2D eigenvalue weighted by Gasteiger charge is -2.23. The van der Waals surface area contributed by atoms with Crippen LogP contribution in [0.4, 0.5) is 0 Å². The molecule has 0 aliphatic heterocycles. The van der Waals surface area contributed by atoms with Gasteiger partial charge in [0.15, 0.2) is 0 Å². The molecule has 0 unspecified atom stereocenters. The van der Waals surface area contributed by atoms with Crippen molar-refractivity contribution in [2.75, 3.05) is 13.2 Å². The van der Waals surface area contributed by atoms with Gasteiger partial charge >= 0.3 is 0 Å². The highest BCUT2D eigenvalue weighted by atomic mass is 16.5. The van der Waals surface area contributed by atoms with Gasteiger partial charge in [0, 0.05) is 18.2 Å². The molecule has 0 heterocycles. The van der Waals surface area contributed by atoms with Crippen LogP contribution in [0.3, 0.4) is 0 Å². The van der Waals surface area contributed by atoms with Crippen molar-refractivity contribution < 1.29 is 9.84 Å². The third kappa shape index (κ3) is 4.00. The summed E-state index contributed by atoms with van der Waals surface area (Å²) in [5.41, 5.74) is 1.18. The van der Waals surface area contributed by atoms with Crippen LogP contribution in [0.2, 0.25) is 0 Å². The molecule has 3 nitrogen and oxygen atoms in total. The van der Waals surface area contributed by atoms with Gasteiger partial charge in [0.05, 0.1) is 6.61 Å². The SMILES string of the molecule is OCCOc1ccccc1CNC1CCCCC1. The Morgan fingerprint density at radius 1 is 1.17 bits per heavy atom. The standard InChI is InChI=1S/C15H23NO2/c17-10-11-18-15-9-5-4-6-13(15)12-16-14-7-2-1-3-8-14/h4-6,9,14,16-17H,1-3,7-8,10-12H2. The van der Waals surface area contributed by atoms with E-state index in [1.807, 2.05) is 18.2 Å². The molecule has 2 N–H and O–H groups in total. The molecule has 1 aromatic rings. The minimum atomic E-state index is 0.0599. The van der Waals surface area contributed by atoms with Crippen LogP contribution in [-0.4, -0.2) is 24.4 Å². The first-order valence-electron chi connectivity index (χ1n) is 6.95. The van der Waals surface area contributed by atoms with Crippen molar-refractivity contribution >= 4 is 0 Å². The lowest BCUT2D eigenvalue weighted by Crippen LogP contribution is -2.30. The topological polar surface area (TPSA) is 41.5 Å². The number of nitrogens with one attached hydrogen (secondary N) is 1. The van der Waals surface area contributed by atoms with E-state index >= 15 is 0 Å². The van der Waals surface area contributed by atoms with E-state index in [-0.39, 0.29) is 6.61 Å². The molecule has 2 rings (SSSR count). The van der Waals surface area contributed by atoms with E-state index in [4.69, 9.17) is 9.84 Å². The van der Waals surface area contributed by atoms with Gasteiger partial charge in [-0.25, -0.2) is 0 Å². The molecule has 0 amide bonds. The summed E-state index contributed by atoms with van der Waals surface area (Å²) >= 11 is 0. The van der Waals surface area contributed by atoms with Gasteiger partial charge in [-0.15, -0.1) is 0 Å². The fourth-order valence-corrected chi connectivity index (χ4v) is 2.51. The third-order valence-corrected chi connectivity index (χ3v) is 3.51. The Morgan fingerprint density at radius 3 is 2.72 bits per heavy atom. The van der Waals surface area contributed by atoms with E-state index in [2.05, 4.69) is 11.4 Å². The maximum atomic E-state index is 8.81. The van der Waals surface area contributed by atoms with Gasteiger partial charge in [0.25, 0.3) is 0 Å². The Kier molecular flexibility index (Phi) is 5.49. The first-order valence-corrected chi connectivity index (χ1v) is 6.95. The molecule has 0 aromatic heterocycles. The highest BCUT2D eigenvalue weighted by Crippen LogP contribution is 2.21. The number of rotatable bonds is 6. The summed E-state index contributed by atoms with van der Waals surface area (Å²) in [5.74, 6) is 0.884. The summed E-state index contributed by atoms with van der Waals surface area (Å²) in [6, 6.07) is 8.71. The van der Waals surface area contributed by atoms with Crippen molar-refractivity contribution in [1.82, 2.24) is 5.32 Å². The Labute approximate surface area is 109 Å². The van der Waals surface area contributed by atoms with E-state index in [9.17, 15) is 0 Å². The number of para-hydroxylation sites is 1. The number of hydrogen-bond acceptors (Lipinski definition) is 3. The Hall–Kier alpha value is -1.06. The van der Waals surface area contributed by atoms with Crippen LogP contribution in [0.15, 0.2) is 24.3 Å².